The van der Waals surface area contributed by atoms with Crippen LogP contribution in [0.4, 0.5) is 5.82 Å². The first-order valence-corrected chi connectivity index (χ1v) is 8.68. The Morgan fingerprint density at radius 2 is 1.89 bits per heavy atom. The van der Waals surface area contributed by atoms with E-state index in [1.165, 1.54) is 4.90 Å². The lowest BCUT2D eigenvalue weighted by molar-refractivity contribution is 0.0827. The van der Waals surface area contributed by atoms with Crippen LogP contribution in [-0.4, -0.2) is 45.1 Å². The minimum absolute atomic E-state index is 0.0655. The van der Waals surface area contributed by atoms with E-state index in [1.54, 1.807) is 32.4 Å². The second-order valence-corrected chi connectivity index (χ2v) is 6.48. The third-order valence-electron chi connectivity index (χ3n) is 4.28. The highest BCUT2D eigenvalue weighted by Crippen LogP contribution is 2.28. The number of rotatable bonds is 4. The SMILES string of the molecule is CN(C)C(=O)c1ccc(-c2cnc(N)c(-c3nnc(C4=CCC=C4)o3)n2)cc1. The van der Waals surface area contributed by atoms with Crippen molar-refractivity contribution in [1.82, 2.24) is 25.1 Å². The molecule has 0 saturated carbocycles. The summed E-state index contributed by atoms with van der Waals surface area (Å²) in [4.78, 5) is 22.3. The van der Waals surface area contributed by atoms with Gasteiger partial charge < -0.3 is 15.1 Å². The first-order chi connectivity index (χ1) is 13.5. The van der Waals surface area contributed by atoms with Gasteiger partial charge in [0.15, 0.2) is 11.5 Å². The second kappa shape index (κ2) is 7.07. The predicted molar refractivity (Wildman–Crippen MR) is 105 cm³/mol. The fourth-order valence-electron chi connectivity index (χ4n) is 2.79. The molecule has 0 bridgehead atoms. The molecule has 0 aliphatic heterocycles. The van der Waals surface area contributed by atoms with Gasteiger partial charge in [0.25, 0.3) is 11.8 Å². The van der Waals surface area contributed by atoms with Crippen molar-refractivity contribution in [2.45, 2.75) is 6.42 Å². The zero-order valence-corrected chi connectivity index (χ0v) is 15.5. The summed E-state index contributed by atoms with van der Waals surface area (Å²) in [6, 6.07) is 7.13. The van der Waals surface area contributed by atoms with E-state index in [9.17, 15) is 4.79 Å². The summed E-state index contributed by atoms with van der Waals surface area (Å²) in [5.74, 6) is 0.767. The number of nitrogens with zero attached hydrogens (tertiary/aromatic N) is 5. The number of anilines is 1. The largest absolute Gasteiger partial charge is 0.414 e. The van der Waals surface area contributed by atoms with Crippen LogP contribution in [0.5, 0.6) is 0 Å². The van der Waals surface area contributed by atoms with Crippen molar-refractivity contribution in [1.29, 1.82) is 0 Å². The normalized spacial score (nSPS) is 12.9. The lowest BCUT2D eigenvalue weighted by Gasteiger charge is -2.10. The molecule has 2 heterocycles. The molecule has 1 amide bonds. The standard InChI is InChI=1S/C20H18N6O2/c1-26(2)20(27)14-9-7-12(8-10-14)15-11-22-17(21)16(23-15)19-25-24-18(28-19)13-5-3-4-6-13/h3,5-11H,4H2,1-2H3,(H2,21,22). The summed E-state index contributed by atoms with van der Waals surface area (Å²) in [7, 11) is 3.42. The van der Waals surface area contributed by atoms with Crippen molar-refractivity contribution >= 4 is 17.3 Å². The van der Waals surface area contributed by atoms with E-state index < -0.39 is 0 Å². The molecule has 3 aromatic rings. The second-order valence-electron chi connectivity index (χ2n) is 6.48. The lowest BCUT2D eigenvalue weighted by Crippen LogP contribution is -2.21. The minimum Gasteiger partial charge on any atom is -0.414 e. The number of amides is 1. The molecule has 28 heavy (non-hydrogen) atoms. The maximum Gasteiger partial charge on any atom is 0.270 e. The number of hydrogen-bond acceptors (Lipinski definition) is 7. The molecule has 0 radical (unpaired) electrons. The number of nitrogens with two attached hydrogens (primary N) is 1. The lowest BCUT2D eigenvalue weighted by atomic mass is 10.1. The van der Waals surface area contributed by atoms with E-state index in [0.717, 1.165) is 17.6 Å². The predicted octanol–water partition coefficient (Wildman–Crippen LogP) is 2.82. The molecule has 4 rings (SSSR count). The van der Waals surface area contributed by atoms with Crippen molar-refractivity contribution in [3.8, 4) is 22.8 Å². The maximum absolute atomic E-state index is 12.0. The van der Waals surface area contributed by atoms with Crippen LogP contribution in [0, 0.1) is 0 Å². The summed E-state index contributed by atoms with van der Waals surface area (Å²) >= 11 is 0. The van der Waals surface area contributed by atoms with Gasteiger partial charge in [-0.2, -0.15) is 0 Å². The Labute approximate surface area is 161 Å². The van der Waals surface area contributed by atoms with E-state index >= 15 is 0 Å². The van der Waals surface area contributed by atoms with Gasteiger partial charge in [0.05, 0.1) is 11.9 Å². The van der Waals surface area contributed by atoms with Gasteiger partial charge in [-0.1, -0.05) is 30.4 Å². The Balaban J connectivity index is 1.66. The zero-order chi connectivity index (χ0) is 19.7. The summed E-state index contributed by atoms with van der Waals surface area (Å²) in [5.41, 5.74) is 9.16. The van der Waals surface area contributed by atoms with Crippen molar-refractivity contribution < 1.29 is 9.21 Å². The average molecular weight is 374 g/mol. The Morgan fingerprint density at radius 3 is 2.57 bits per heavy atom. The highest BCUT2D eigenvalue weighted by molar-refractivity contribution is 5.94. The monoisotopic (exact) mass is 374 g/mol. The van der Waals surface area contributed by atoms with Crippen molar-refractivity contribution in [2.75, 3.05) is 19.8 Å². The van der Waals surface area contributed by atoms with E-state index in [2.05, 4.69) is 20.2 Å². The van der Waals surface area contributed by atoms with Crippen LogP contribution in [-0.2, 0) is 0 Å². The molecule has 2 N–H and O–H groups in total. The van der Waals surface area contributed by atoms with Gasteiger partial charge in [-0.15, -0.1) is 10.2 Å². The number of benzene rings is 1. The minimum atomic E-state index is -0.0655. The number of allylic oxidation sites excluding steroid dienone is 4. The molecule has 0 atom stereocenters. The van der Waals surface area contributed by atoms with E-state index in [-0.39, 0.29) is 17.6 Å². The molecule has 1 aromatic carbocycles. The number of aromatic nitrogens is 4. The summed E-state index contributed by atoms with van der Waals surface area (Å²) < 4.78 is 5.73. The van der Waals surface area contributed by atoms with E-state index in [0.29, 0.717) is 22.8 Å². The highest BCUT2D eigenvalue weighted by Gasteiger charge is 2.18. The third-order valence-corrected chi connectivity index (χ3v) is 4.28. The topological polar surface area (TPSA) is 111 Å². The van der Waals surface area contributed by atoms with Crippen molar-refractivity contribution in [2.24, 2.45) is 0 Å². The fraction of sp³-hybridized carbons (Fsp3) is 0.150. The van der Waals surface area contributed by atoms with Gasteiger partial charge in [-0.05, 0) is 18.6 Å². The number of carbonyl (C=O) groups is 1. The van der Waals surface area contributed by atoms with E-state index in [4.69, 9.17) is 10.2 Å². The smallest absolute Gasteiger partial charge is 0.270 e. The third kappa shape index (κ3) is 3.27. The van der Waals surface area contributed by atoms with Gasteiger partial charge >= 0.3 is 0 Å². The summed E-state index contributed by atoms with van der Waals surface area (Å²) in [6.07, 6.45) is 8.36. The molecule has 2 aromatic heterocycles. The molecule has 140 valence electrons. The van der Waals surface area contributed by atoms with Gasteiger partial charge in [0.2, 0.25) is 5.89 Å². The average Bonchev–Trinajstić information content (AvgIpc) is 3.39. The fourth-order valence-corrected chi connectivity index (χ4v) is 2.79. The molecule has 1 aliphatic rings. The Hall–Kier alpha value is -3.81. The number of carbonyl (C=O) groups excluding carboxylic acids is 1. The van der Waals surface area contributed by atoms with Crippen molar-refractivity contribution in [3.05, 3.63) is 60.1 Å². The van der Waals surface area contributed by atoms with Gasteiger partial charge in [-0.25, -0.2) is 9.97 Å². The molecule has 0 fully saturated rings. The van der Waals surface area contributed by atoms with Crippen LogP contribution in [0.1, 0.15) is 22.7 Å². The quantitative estimate of drug-likeness (QED) is 0.747. The van der Waals surface area contributed by atoms with Gasteiger partial charge in [0.1, 0.15) is 0 Å². The molecule has 1 aliphatic carbocycles. The first-order valence-electron chi connectivity index (χ1n) is 8.68. The maximum atomic E-state index is 12.0. The number of hydrogen-bond donors (Lipinski definition) is 1. The van der Waals surface area contributed by atoms with Gasteiger partial charge in [0, 0.05) is 30.8 Å². The van der Waals surface area contributed by atoms with Crippen LogP contribution in [0.15, 0.2) is 53.1 Å². The molecular formula is C20H18N6O2. The van der Waals surface area contributed by atoms with Gasteiger partial charge in [-0.3, -0.25) is 4.79 Å². The molecule has 0 spiro atoms. The summed E-state index contributed by atoms with van der Waals surface area (Å²) in [5, 5.41) is 8.12. The molecule has 0 unspecified atom stereocenters. The highest BCUT2D eigenvalue weighted by atomic mass is 16.4. The number of nitrogen functional groups attached to an aromatic ring is 1. The Kier molecular flexibility index (Phi) is 4.44. The van der Waals surface area contributed by atoms with E-state index in [1.807, 2.05) is 30.4 Å². The van der Waals surface area contributed by atoms with Crippen molar-refractivity contribution in [3.63, 3.8) is 0 Å². The molecule has 0 saturated heterocycles. The molecular weight excluding hydrogens is 356 g/mol. The molecule has 8 heteroatoms. The van der Waals surface area contributed by atoms with Crippen LogP contribution in [0.2, 0.25) is 0 Å². The first kappa shape index (κ1) is 17.6. The van der Waals surface area contributed by atoms with Crippen LogP contribution in [0.3, 0.4) is 0 Å². The molecule has 8 nitrogen and oxygen atoms in total. The summed E-state index contributed by atoms with van der Waals surface area (Å²) in [6.45, 7) is 0. The Morgan fingerprint density at radius 1 is 1.14 bits per heavy atom. The van der Waals surface area contributed by atoms with Crippen LogP contribution in [0.25, 0.3) is 28.4 Å². The zero-order valence-electron chi connectivity index (χ0n) is 15.5. The van der Waals surface area contributed by atoms with Crippen LogP contribution < -0.4 is 5.73 Å². The van der Waals surface area contributed by atoms with Crippen LogP contribution >= 0.6 is 0 Å². The Bertz CT molecular complexity index is 1100.